The second-order valence-electron chi connectivity index (χ2n) is 4.51. The van der Waals surface area contributed by atoms with Crippen LogP contribution in [0, 0.1) is 5.41 Å². The van der Waals surface area contributed by atoms with E-state index in [2.05, 4.69) is 5.32 Å². The van der Waals surface area contributed by atoms with Gasteiger partial charge in [0.15, 0.2) is 0 Å². The molecule has 5 heteroatoms. The molecule has 2 fully saturated rings. The SMILES string of the molecule is O=C1CC2(CCCN(C(=O)CCl)C2)CN1. The first-order valence-corrected chi connectivity index (χ1v) is 5.79. The fraction of sp³-hybridized carbons (Fsp3) is 0.800. The molecule has 2 saturated heterocycles. The maximum absolute atomic E-state index is 11.5. The Hall–Kier alpha value is -0.770. The maximum Gasteiger partial charge on any atom is 0.237 e. The lowest BCUT2D eigenvalue weighted by Gasteiger charge is -2.39. The molecule has 0 aliphatic carbocycles. The number of piperidine rings is 1. The standard InChI is InChI=1S/C10H15ClN2O2/c11-5-9(15)13-3-1-2-10(7-13)4-8(14)12-6-10/h1-7H2,(H,12,14). The van der Waals surface area contributed by atoms with Gasteiger partial charge < -0.3 is 10.2 Å². The summed E-state index contributed by atoms with van der Waals surface area (Å²) in [6.07, 6.45) is 2.55. The minimum absolute atomic E-state index is 0.0168. The Labute approximate surface area is 93.9 Å². The molecule has 2 aliphatic heterocycles. The summed E-state index contributed by atoms with van der Waals surface area (Å²) in [4.78, 5) is 24.5. The van der Waals surface area contributed by atoms with E-state index in [9.17, 15) is 9.59 Å². The molecule has 1 atom stereocenters. The number of carbonyl (C=O) groups excluding carboxylic acids is 2. The Morgan fingerprint density at radius 2 is 2.40 bits per heavy atom. The van der Waals surface area contributed by atoms with Crippen LogP contribution in [0.4, 0.5) is 0 Å². The quantitative estimate of drug-likeness (QED) is 0.661. The smallest absolute Gasteiger partial charge is 0.237 e. The summed E-state index contributed by atoms with van der Waals surface area (Å²) < 4.78 is 0. The number of nitrogens with zero attached hydrogens (tertiary/aromatic N) is 1. The van der Waals surface area contributed by atoms with Crippen molar-refractivity contribution < 1.29 is 9.59 Å². The van der Waals surface area contributed by atoms with Gasteiger partial charge in [-0.05, 0) is 12.8 Å². The molecule has 0 aromatic carbocycles. The van der Waals surface area contributed by atoms with Crippen LogP contribution in [-0.2, 0) is 9.59 Å². The summed E-state index contributed by atoms with van der Waals surface area (Å²) in [5.41, 5.74) is -0.0168. The molecule has 15 heavy (non-hydrogen) atoms. The van der Waals surface area contributed by atoms with Crippen LogP contribution >= 0.6 is 11.6 Å². The Bertz CT molecular complexity index is 295. The van der Waals surface area contributed by atoms with E-state index in [-0.39, 0.29) is 23.1 Å². The Kier molecular flexibility index (Phi) is 2.87. The number of hydrogen-bond acceptors (Lipinski definition) is 2. The topological polar surface area (TPSA) is 49.4 Å². The number of likely N-dealkylation sites (tertiary alicyclic amines) is 1. The summed E-state index contributed by atoms with van der Waals surface area (Å²) in [7, 11) is 0. The predicted octanol–water partition coefficient (Wildman–Crippen LogP) is 0.354. The highest BCUT2D eigenvalue weighted by atomic mass is 35.5. The first-order chi connectivity index (χ1) is 7.15. The Morgan fingerprint density at radius 3 is 3.00 bits per heavy atom. The van der Waals surface area contributed by atoms with Crippen LogP contribution in [0.2, 0.25) is 0 Å². The zero-order valence-corrected chi connectivity index (χ0v) is 9.35. The van der Waals surface area contributed by atoms with Gasteiger partial charge in [-0.25, -0.2) is 0 Å². The number of nitrogens with one attached hydrogen (secondary N) is 1. The molecule has 0 saturated carbocycles. The zero-order chi connectivity index (χ0) is 10.9. The number of rotatable bonds is 1. The maximum atomic E-state index is 11.5. The molecule has 1 spiro atoms. The van der Waals surface area contributed by atoms with Gasteiger partial charge in [0, 0.05) is 31.5 Å². The molecular weight excluding hydrogens is 216 g/mol. The van der Waals surface area contributed by atoms with Crippen molar-refractivity contribution in [2.45, 2.75) is 19.3 Å². The number of alkyl halides is 1. The molecule has 2 heterocycles. The van der Waals surface area contributed by atoms with Gasteiger partial charge in [0.25, 0.3) is 0 Å². The van der Waals surface area contributed by atoms with Gasteiger partial charge in [0.2, 0.25) is 11.8 Å². The monoisotopic (exact) mass is 230 g/mol. The third-order valence-corrected chi connectivity index (χ3v) is 3.55. The van der Waals surface area contributed by atoms with Crippen LogP contribution in [0.5, 0.6) is 0 Å². The van der Waals surface area contributed by atoms with E-state index in [1.807, 2.05) is 0 Å². The largest absolute Gasteiger partial charge is 0.355 e. The average molecular weight is 231 g/mol. The first-order valence-electron chi connectivity index (χ1n) is 5.26. The van der Waals surface area contributed by atoms with E-state index < -0.39 is 0 Å². The second-order valence-corrected chi connectivity index (χ2v) is 4.77. The number of halogens is 1. The van der Waals surface area contributed by atoms with Crippen LogP contribution in [0.3, 0.4) is 0 Å². The van der Waals surface area contributed by atoms with Crippen molar-refractivity contribution in [3.63, 3.8) is 0 Å². The zero-order valence-electron chi connectivity index (χ0n) is 8.59. The molecule has 4 nitrogen and oxygen atoms in total. The third kappa shape index (κ3) is 2.09. The minimum atomic E-state index is -0.0184. The summed E-state index contributed by atoms with van der Waals surface area (Å²) >= 11 is 5.54. The van der Waals surface area contributed by atoms with Crippen molar-refractivity contribution in [2.24, 2.45) is 5.41 Å². The summed E-state index contributed by atoms with van der Waals surface area (Å²) in [5, 5.41) is 2.85. The molecular formula is C10H15ClN2O2. The molecule has 1 N–H and O–H groups in total. The third-order valence-electron chi connectivity index (χ3n) is 3.32. The van der Waals surface area contributed by atoms with E-state index in [1.54, 1.807) is 4.90 Å². The highest BCUT2D eigenvalue weighted by Gasteiger charge is 2.42. The first kappa shape index (κ1) is 10.7. The lowest BCUT2D eigenvalue weighted by Crippen LogP contribution is -2.47. The molecule has 2 aliphatic rings. The minimum Gasteiger partial charge on any atom is -0.355 e. The molecule has 0 aromatic heterocycles. The summed E-state index contributed by atoms with van der Waals surface area (Å²) in [5.74, 6) is 0.127. The number of amides is 2. The fourth-order valence-corrected chi connectivity index (χ4v) is 2.71. The van der Waals surface area contributed by atoms with Crippen molar-refractivity contribution in [3.8, 4) is 0 Å². The van der Waals surface area contributed by atoms with Crippen LogP contribution in [0.15, 0.2) is 0 Å². The van der Waals surface area contributed by atoms with Crippen LogP contribution in [0.1, 0.15) is 19.3 Å². The van der Waals surface area contributed by atoms with Gasteiger partial charge >= 0.3 is 0 Å². The Morgan fingerprint density at radius 1 is 1.60 bits per heavy atom. The van der Waals surface area contributed by atoms with Gasteiger partial charge in [-0.15, -0.1) is 11.6 Å². The molecule has 2 rings (SSSR count). The molecule has 0 bridgehead atoms. The molecule has 0 aromatic rings. The lowest BCUT2D eigenvalue weighted by molar-refractivity contribution is -0.132. The highest BCUT2D eigenvalue weighted by Crippen LogP contribution is 2.35. The van der Waals surface area contributed by atoms with Crippen molar-refractivity contribution in [1.29, 1.82) is 0 Å². The van der Waals surface area contributed by atoms with Crippen molar-refractivity contribution in [1.82, 2.24) is 10.2 Å². The van der Waals surface area contributed by atoms with E-state index in [1.165, 1.54) is 0 Å². The average Bonchev–Trinajstić information content (AvgIpc) is 2.59. The van der Waals surface area contributed by atoms with E-state index in [0.29, 0.717) is 19.5 Å². The molecule has 2 amide bonds. The van der Waals surface area contributed by atoms with Gasteiger partial charge in [0.1, 0.15) is 5.88 Å². The van der Waals surface area contributed by atoms with Crippen LogP contribution < -0.4 is 5.32 Å². The van der Waals surface area contributed by atoms with Crippen LogP contribution in [0.25, 0.3) is 0 Å². The van der Waals surface area contributed by atoms with E-state index >= 15 is 0 Å². The van der Waals surface area contributed by atoms with E-state index in [0.717, 1.165) is 19.4 Å². The predicted molar refractivity (Wildman–Crippen MR) is 56.6 cm³/mol. The van der Waals surface area contributed by atoms with Gasteiger partial charge in [-0.3, -0.25) is 9.59 Å². The van der Waals surface area contributed by atoms with Crippen LogP contribution in [-0.4, -0.2) is 42.2 Å². The highest BCUT2D eigenvalue weighted by molar-refractivity contribution is 6.27. The van der Waals surface area contributed by atoms with Gasteiger partial charge in [-0.2, -0.15) is 0 Å². The summed E-state index contributed by atoms with van der Waals surface area (Å²) in [6, 6.07) is 0. The molecule has 0 radical (unpaired) electrons. The summed E-state index contributed by atoms with van der Waals surface area (Å²) in [6.45, 7) is 2.16. The lowest BCUT2D eigenvalue weighted by atomic mass is 9.79. The fourth-order valence-electron chi connectivity index (χ4n) is 2.55. The normalized spacial score (nSPS) is 30.7. The Balaban J connectivity index is 2.04. The van der Waals surface area contributed by atoms with Gasteiger partial charge in [0.05, 0.1) is 0 Å². The van der Waals surface area contributed by atoms with Gasteiger partial charge in [-0.1, -0.05) is 0 Å². The van der Waals surface area contributed by atoms with Crippen molar-refractivity contribution >= 4 is 23.4 Å². The van der Waals surface area contributed by atoms with E-state index in [4.69, 9.17) is 11.6 Å². The van der Waals surface area contributed by atoms with Crippen molar-refractivity contribution in [2.75, 3.05) is 25.5 Å². The molecule has 1 unspecified atom stereocenters. The number of carbonyl (C=O) groups is 2. The number of hydrogen-bond donors (Lipinski definition) is 1. The second kappa shape index (κ2) is 4.00. The van der Waals surface area contributed by atoms with Crippen molar-refractivity contribution in [3.05, 3.63) is 0 Å². The molecule has 84 valence electrons.